The SMILES string of the molecule is CN1CCC(CNc2snc(N)c2S(C)(=O)=O)CC1. The van der Waals surface area contributed by atoms with E-state index in [1.807, 2.05) is 0 Å². The van der Waals surface area contributed by atoms with Crippen molar-refractivity contribution in [1.82, 2.24) is 9.27 Å². The van der Waals surface area contributed by atoms with Crippen molar-refractivity contribution in [3.05, 3.63) is 0 Å². The van der Waals surface area contributed by atoms with Crippen LogP contribution in [0, 0.1) is 5.92 Å². The Morgan fingerprint density at radius 3 is 2.68 bits per heavy atom. The Kier molecular flexibility index (Phi) is 4.32. The summed E-state index contributed by atoms with van der Waals surface area (Å²) in [6.45, 7) is 2.96. The molecule has 1 saturated heterocycles. The van der Waals surface area contributed by atoms with Crippen LogP contribution in [-0.4, -0.2) is 50.6 Å². The zero-order valence-electron chi connectivity index (χ0n) is 11.2. The Labute approximate surface area is 118 Å². The summed E-state index contributed by atoms with van der Waals surface area (Å²) in [6, 6.07) is 0. The smallest absolute Gasteiger partial charge is 0.182 e. The van der Waals surface area contributed by atoms with Gasteiger partial charge in [-0.3, -0.25) is 0 Å². The van der Waals surface area contributed by atoms with Crippen molar-refractivity contribution in [2.45, 2.75) is 17.7 Å². The number of aromatic nitrogens is 1. The van der Waals surface area contributed by atoms with Crippen LogP contribution in [0.15, 0.2) is 4.90 Å². The van der Waals surface area contributed by atoms with E-state index in [0.29, 0.717) is 10.9 Å². The fourth-order valence-corrected chi connectivity index (χ4v) is 4.34. The predicted molar refractivity (Wildman–Crippen MR) is 78.3 cm³/mol. The van der Waals surface area contributed by atoms with Crippen LogP contribution in [0.4, 0.5) is 10.8 Å². The largest absolute Gasteiger partial charge is 0.382 e. The van der Waals surface area contributed by atoms with E-state index in [1.165, 1.54) is 0 Å². The maximum atomic E-state index is 11.7. The number of anilines is 2. The molecule has 8 heteroatoms. The molecule has 0 aliphatic carbocycles. The van der Waals surface area contributed by atoms with Crippen LogP contribution in [0.3, 0.4) is 0 Å². The first kappa shape index (κ1) is 14.5. The van der Waals surface area contributed by atoms with Crippen molar-refractivity contribution in [2.24, 2.45) is 5.92 Å². The van der Waals surface area contributed by atoms with Crippen LogP contribution >= 0.6 is 11.5 Å². The van der Waals surface area contributed by atoms with Gasteiger partial charge in [-0.05, 0) is 50.4 Å². The monoisotopic (exact) mass is 304 g/mol. The first-order valence-corrected chi connectivity index (χ1v) is 8.92. The lowest BCUT2D eigenvalue weighted by molar-refractivity contribution is 0.226. The average molecular weight is 304 g/mol. The van der Waals surface area contributed by atoms with Gasteiger partial charge in [0, 0.05) is 12.8 Å². The molecule has 1 fully saturated rings. The summed E-state index contributed by atoms with van der Waals surface area (Å²) < 4.78 is 27.3. The number of rotatable bonds is 4. The zero-order valence-corrected chi connectivity index (χ0v) is 12.9. The Bertz CT molecular complexity index is 533. The summed E-state index contributed by atoms with van der Waals surface area (Å²) in [7, 11) is -1.21. The highest BCUT2D eigenvalue weighted by Crippen LogP contribution is 2.31. The van der Waals surface area contributed by atoms with E-state index < -0.39 is 9.84 Å². The molecule has 108 valence electrons. The van der Waals surface area contributed by atoms with Crippen molar-refractivity contribution in [2.75, 3.05) is 44.0 Å². The summed E-state index contributed by atoms with van der Waals surface area (Å²) >= 11 is 1.12. The third-order valence-electron chi connectivity index (χ3n) is 3.43. The van der Waals surface area contributed by atoms with Gasteiger partial charge in [0.2, 0.25) is 0 Å². The van der Waals surface area contributed by atoms with E-state index in [0.717, 1.165) is 50.3 Å². The normalized spacial score (nSPS) is 18.6. The second-order valence-electron chi connectivity index (χ2n) is 5.13. The molecule has 0 spiro atoms. The quantitative estimate of drug-likeness (QED) is 0.858. The second-order valence-corrected chi connectivity index (χ2v) is 7.85. The summed E-state index contributed by atoms with van der Waals surface area (Å²) in [5.74, 6) is 0.672. The van der Waals surface area contributed by atoms with Gasteiger partial charge in [-0.2, -0.15) is 4.37 Å². The van der Waals surface area contributed by atoms with Crippen LogP contribution in [0.2, 0.25) is 0 Å². The van der Waals surface area contributed by atoms with Crippen LogP contribution < -0.4 is 11.1 Å². The fraction of sp³-hybridized carbons (Fsp3) is 0.727. The van der Waals surface area contributed by atoms with Gasteiger partial charge in [0.05, 0.1) is 0 Å². The molecule has 0 aromatic carbocycles. The van der Waals surface area contributed by atoms with Crippen LogP contribution in [0.25, 0.3) is 0 Å². The van der Waals surface area contributed by atoms with Crippen molar-refractivity contribution >= 4 is 32.2 Å². The molecule has 1 aromatic rings. The molecule has 1 aliphatic heterocycles. The van der Waals surface area contributed by atoms with Crippen LogP contribution in [0.5, 0.6) is 0 Å². The van der Waals surface area contributed by atoms with Gasteiger partial charge in [0.15, 0.2) is 15.7 Å². The highest BCUT2D eigenvalue weighted by molar-refractivity contribution is 7.91. The van der Waals surface area contributed by atoms with E-state index in [2.05, 4.69) is 21.6 Å². The van der Waals surface area contributed by atoms with Crippen molar-refractivity contribution in [1.29, 1.82) is 0 Å². The molecular weight excluding hydrogens is 284 g/mol. The Morgan fingerprint density at radius 1 is 1.47 bits per heavy atom. The van der Waals surface area contributed by atoms with Gasteiger partial charge in [0.25, 0.3) is 0 Å². The second kappa shape index (κ2) is 5.64. The molecule has 2 rings (SSSR count). The fourth-order valence-electron chi connectivity index (χ4n) is 2.27. The highest BCUT2D eigenvalue weighted by Gasteiger charge is 2.22. The number of hydrogen-bond donors (Lipinski definition) is 2. The molecule has 3 N–H and O–H groups in total. The number of nitrogens with zero attached hydrogens (tertiary/aromatic N) is 2. The number of nitrogens with two attached hydrogens (primary N) is 1. The van der Waals surface area contributed by atoms with Crippen molar-refractivity contribution in [3.63, 3.8) is 0 Å². The van der Waals surface area contributed by atoms with Gasteiger partial charge in [0.1, 0.15) is 9.90 Å². The molecule has 0 radical (unpaired) electrons. The number of nitrogen functional groups attached to an aromatic ring is 1. The molecule has 0 atom stereocenters. The van der Waals surface area contributed by atoms with Crippen molar-refractivity contribution < 1.29 is 8.42 Å². The molecular formula is C11H20N4O2S2. The topological polar surface area (TPSA) is 88.3 Å². The van der Waals surface area contributed by atoms with Crippen LogP contribution in [0.1, 0.15) is 12.8 Å². The predicted octanol–water partition coefficient (Wildman–Crippen LogP) is 0.883. The van der Waals surface area contributed by atoms with E-state index in [1.54, 1.807) is 0 Å². The average Bonchev–Trinajstić information content (AvgIpc) is 2.69. The number of piperidine rings is 1. The lowest BCUT2D eigenvalue weighted by Crippen LogP contribution is -2.33. The first-order chi connectivity index (χ1) is 8.88. The maximum absolute atomic E-state index is 11.7. The molecule has 1 aliphatic rings. The minimum atomic E-state index is -3.33. The Balaban J connectivity index is 2.01. The van der Waals surface area contributed by atoms with Gasteiger partial charge in [-0.1, -0.05) is 0 Å². The number of nitrogens with one attached hydrogen (secondary N) is 1. The van der Waals surface area contributed by atoms with Gasteiger partial charge < -0.3 is 16.0 Å². The minimum Gasteiger partial charge on any atom is -0.382 e. The summed E-state index contributed by atoms with van der Waals surface area (Å²) in [5, 5.41) is 3.77. The van der Waals surface area contributed by atoms with Gasteiger partial charge >= 0.3 is 0 Å². The lowest BCUT2D eigenvalue weighted by Gasteiger charge is -2.29. The third-order valence-corrected chi connectivity index (χ3v) is 5.54. The zero-order chi connectivity index (χ0) is 14.0. The molecule has 0 unspecified atom stereocenters. The number of sulfone groups is 1. The molecule has 6 nitrogen and oxygen atoms in total. The molecule has 2 heterocycles. The third kappa shape index (κ3) is 3.58. The Hall–Kier alpha value is -0.860. The number of likely N-dealkylation sites (tertiary alicyclic amines) is 1. The van der Waals surface area contributed by atoms with E-state index in [4.69, 9.17) is 5.73 Å². The summed E-state index contributed by atoms with van der Waals surface area (Å²) in [5.41, 5.74) is 5.63. The lowest BCUT2D eigenvalue weighted by atomic mass is 9.97. The molecule has 0 amide bonds. The van der Waals surface area contributed by atoms with E-state index >= 15 is 0 Å². The van der Waals surface area contributed by atoms with Crippen molar-refractivity contribution in [3.8, 4) is 0 Å². The van der Waals surface area contributed by atoms with Gasteiger partial charge in [-0.15, -0.1) is 0 Å². The highest BCUT2D eigenvalue weighted by atomic mass is 32.2. The number of hydrogen-bond acceptors (Lipinski definition) is 7. The van der Waals surface area contributed by atoms with E-state index in [9.17, 15) is 8.42 Å². The van der Waals surface area contributed by atoms with Crippen LogP contribution in [-0.2, 0) is 9.84 Å². The maximum Gasteiger partial charge on any atom is 0.182 e. The first-order valence-electron chi connectivity index (χ1n) is 6.25. The minimum absolute atomic E-state index is 0.0957. The summed E-state index contributed by atoms with van der Waals surface area (Å²) in [6.07, 6.45) is 3.42. The molecule has 0 saturated carbocycles. The standard InChI is InChI=1S/C11H20N4O2S2/c1-15-5-3-8(4-6-15)7-13-11-9(19(2,16)17)10(12)14-18-11/h8,13H,3-7H2,1-2H3,(H2,12,14). The molecule has 19 heavy (non-hydrogen) atoms. The van der Waals surface area contributed by atoms with E-state index in [-0.39, 0.29) is 10.7 Å². The molecule has 1 aromatic heterocycles. The van der Waals surface area contributed by atoms with Gasteiger partial charge in [-0.25, -0.2) is 8.42 Å². The Morgan fingerprint density at radius 2 is 2.11 bits per heavy atom. The summed E-state index contributed by atoms with van der Waals surface area (Å²) in [4.78, 5) is 2.45. The molecule has 0 bridgehead atoms.